The lowest BCUT2D eigenvalue weighted by molar-refractivity contribution is -0.140. The molecule has 2 rings (SSSR count). The highest BCUT2D eigenvalue weighted by Gasteiger charge is 2.25. The zero-order valence-electron chi connectivity index (χ0n) is 12.6. The lowest BCUT2D eigenvalue weighted by Gasteiger charge is -2.11. The van der Waals surface area contributed by atoms with Gasteiger partial charge in [-0.25, -0.2) is 14.2 Å². The fraction of sp³-hybridized carbons (Fsp3) is 0.200. The Hall–Kier alpha value is -2.81. The number of hydrogen-bond acceptors (Lipinski definition) is 5. The van der Waals surface area contributed by atoms with Gasteiger partial charge in [-0.1, -0.05) is 0 Å². The number of thiazole rings is 1. The van der Waals surface area contributed by atoms with Gasteiger partial charge in [-0.15, -0.1) is 11.3 Å². The van der Waals surface area contributed by atoms with Gasteiger partial charge in [0.05, 0.1) is 12.1 Å². The monoisotopic (exact) mass is 351 g/mol. The Morgan fingerprint density at radius 3 is 2.50 bits per heavy atom. The number of carboxylic acid groups (broad SMARTS) is 1. The van der Waals surface area contributed by atoms with Crippen molar-refractivity contribution >= 4 is 29.1 Å². The van der Waals surface area contributed by atoms with Crippen molar-refractivity contribution in [2.45, 2.75) is 19.4 Å². The molecule has 0 spiro atoms. The summed E-state index contributed by atoms with van der Waals surface area (Å²) in [5, 5.41) is 11.8. The smallest absolute Gasteiger partial charge is 0.326 e. The molecule has 4 N–H and O–H groups in total. The molecule has 24 heavy (non-hydrogen) atoms. The number of nitrogens with two attached hydrogens (primary N) is 1. The average Bonchev–Trinajstić information content (AvgIpc) is 2.88. The zero-order valence-corrected chi connectivity index (χ0v) is 13.4. The topological polar surface area (TPSA) is 122 Å². The van der Waals surface area contributed by atoms with Gasteiger partial charge < -0.3 is 16.2 Å². The first kappa shape index (κ1) is 17.5. The normalized spacial score (nSPS) is 11.8. The third kappa shape index (κ3) is 4.13. The second kappa shape index (κ2) is 7.18. The molecule has 1 unspecified atom stereocenters. The van der Waals surface area contributed by atoms with Crippen molar-refractivity contribution in [1.82, 2.24) is 10.3 Å². The van der Waals surface area contributed by atoms with Crippen molar-refractivity contribution in [1.29, 1.82) is 0 Å². The summed E-state index contributed by atoms with van der Waals surface area (Å²) in [4.78, 5) is 38.7. The van der Waals surface area contributed by atoms with E-state index in [9.17, 15) is 18.8 Å². The predicted molar refractivity (Wildman–Crippen MR) is 84.9 cm³/mol. The number of benzene rings is 1. The Bertz CT molecular complexity index is 789. The molecule has 126 valence electrons. The van der Waals surface area contributed by atoms with Crippen LogP contribution in [0, 0.1) is 12.7 Å². The maximum atomic E-state index is 13.0. The molecule has 0 saturated heterocycles. The van der Waals surface area contributed by atoms with Crippen LogP contribution in [-0.4, -0.2) is 33.9 Å². The molecule has 1 heterocycles. The molecule has 2 amide bonds. The Balaban J connectivity index is 2.22. The summed E-state index contributed by atoms with van der Waals surface area (Å²) in [6, 6.07) is 4.20. The van der Waals surface area contributed by atoms with Crippen LogP contribution >= 0.6 is 11.3 Å². The van der Waals surface area contributed by atoms with Crippen LogP contribution in [0.15, 0.2) is 24.3 Å². The standard InChI is InChI=1S/C15H14FN3O4S/c1-7-12(13(21)19-10(15(22)23)6-11(17)20)24-14(18-7)8-2-4-9(16)5-3-8/h2-5,10H,6H2,1H3,(H2,17,20)(H,19,21)(H,22,23). The van der Waals surface area contributed by atoms with Gasteiger partial charge in [0.25, 0.3) is 5.91 Å². The number of nitrogens with zero attached hydrogens (tertiary/aromatic N) is 1. The number of primary amides is 1. The average molecular weight is 351 g/mol. The highest BCUT2D eigenvalue weighted by atomic mass is 32.1. The molecule has 9 heteroatoms. The van der Waals surface area contributed by atoms with E-state index < -0.39 is 30.2 Å². The molecule has 7 nitrogen and oxygen atoms in total. The second-order valence-corrected chi connectivity index (χ2v) is 5.97. The van der Waals surface area contributed by atoms with Gasteiger partial charge in [-0.05, 0) is 31.2 Å². The van der Waals surface area contributed by atoms with Crippen LogP contribution in [0.3, 0.4) is 0 Å². The number of carboxylic acids is 1. The van der Waals surface area contributed by atoms with E-state index in [1.165, 1.54) is 24.3 Å². The Morgan fingerprint density at radius 2 is 1.96 bits per heavy atom. The van der Waals surface area contributed by atoms with Crippen molar-refractivity contribution in [3.05, 3.63) is 40.7 Å². The number of rotatable bonds is 6. The van der Waals surface area contributed by atoms with Gasteiger partial charge in [-0.3, -0.25) is 9.59 Å². The third-order valence-electron chi connectivity index (χ3n) is 3.10. The largest absolute Gasteiger partial charge is 0.480 e. The van der Waals surface area contributed by atoms with Crippen molar-refractivity contribution < 1.29 is 23.9 Å². The van der Waals surface area contributed by atoms with Crippen LogP contribution in [0.4, 0.5) is 4.39 Å². The summed E-state index contributed by atoms with van der Waals surface area (Å²) in [7, 11) is 0. The molecule has 1 aromatic heterocycles. The van der Waals surface area contributed by atoms with E-state index in [2.05, 4.69) is 10.3 Å². The maximum Gasteiger partial charge on any atom is 0.326 e. The van der Waals surface area contributed by atoms with Crippen molar-refractivity contribution in [2.24, 2.45) is 5.73 Å². The number of amides is 2. The van der Waals surface area contributed by atoms with Crippen LogP contribution in [-0.2, 0) is 9.59 Å². The minimum absolute atomic E-state index is 0.213. The van der Waals surface area contributed by atoms with E-state index in [1.807, 2.05) is 0 Å². The number of carbonyl (C=O) groups excluding carboxylic acids is 2. The Kier molecular flexibility index (Phi) is 5.24. The van der Waals surface area contributed by atoms with Gasteiger partial charge in [0.2, 0.25) is 5.91 Å². The summed E-state index contributed by atoms with van der Waals surface area (Å²) in [5.41, 5.74) is 6.01. The van der Waals surface area contributed by atoms with Crippen molar-refractivity contribution in [3.63, 3.8) is 0 Å². The third-order valence-corrected chi connectivity index (χ3v) is 4.31. The first-order valence-electron chi connectivity index (χ1n) is 6.83. The van der Waals surface area contributed by atoms with Gasteiger partial charge in [0.1, 0.15) is 21.7 Å². The van der Waals surface area contributed by atoms with Crippen LogP contribution in [0.1, 0.15) is 21.8 Å². The highest BCUT2D eigenvalue weighted by molar-refractivity contribution is 7.17. The van der Waals surface area contributed by atoms with E-state index in [4.69, 9.17) is 10.8 Å². The minimum Gasteiger partial charge on any atom is -0.480 e. The molecular formula is C15H14FN3O4S. The summed E-state index contributed by atoms with van der Waals surface area (Å²) >= 11 is 1.04. The fourth-order valence-electron chi connectivity index (χ4n) is 1.95. The Morgan fingerprint density at radius 1 is 1.33 bits per heavy atom. The first-order chi connectivity index (χ1) is 11.3. The fourth-order valence-corrected chi connectivity index (χ4v) is 2.92. The van der Waals surface area contributed by atoms with Crippen molar-refractivity contribution in [2.75, 3.05) is 0 Å². The molecule has 1 aromatic carbocycles. The van der Waals surface area contributed by atoms with E-state index in [-0.39, 0.29) is 10.7 Å². The number of aliphatic carboxylic acids is 1. The first-order valence-corrected chi connectivity index (χ1v) is 7.65. The Labute approximate surface area is 140 Å². The molecule has 0 fully saturated rings. The number of aryl methyl sites for hydroxylation is 1. The summed E-state index contributed by atoms with van der Waals surface area (Å²) in [6.45, 7) is 1.60. The number of carbonyl (C=O) groups is 3. The summed E-state index contributed by atoms with van der Waals surface area (Å²) < 4.78 is 13.0. The number of hydrogen-bond donors (Lipinski definition) is 3. The molecular weight excluding hydrogens is 337 g/mol. The van der Waals surface area contributed by atoms with E-state index in [1.54, 1.807) is 6.92 Å². The molecule has 0 aliphatic carbocycles. The molecule has 0 saturated carbocycles. The SMILES string of the molecule is Cc1nc(-c2ccc(F)cc2)sc1C(=O)NC(CC(N)=O)C(=O)O. The molecule has 2 aromatic rings. The summed E-state index contributed by atoms with van der Waals surface area (Å²) in [5.74, 6) is -3.24. The molecule has 0 aliphatic rings. The van der Waals surface area contributed by atoms with Crippen LogP contribution in [0.2, 0.25) is 0 Å². The van der Waals surface area contributed by atoms with Gasteiger partial charge in [0.15, 0.2) is 0 Å². The van der Waals surface area contributed by atoms with Crippen LogP contribution in [0.25, 0.3) is 10.6 Å². The lowest BCUT2D eigenvalue weighted by atomic mass is 10.2. The second-order valence-electron chi connectivity index (χ2n) is 4.98. The maximum absolute atomic E-state index is 13.0. The zero-order chi connectivity index (χ0) is 17.9. The van der Waals surface area contributed by atoms with Crippen LogP contribution < -0.4 is 11.1 Å². The number of nitrogens with one attached hydrogen (secondary N) is 1. The van der Waals surface area contributed by atoms with Crippen LogP contribution in [0.5, 0.6) is 0 Å². The molecule has 0 bridgehead atoms. The quantitative estimate of drug-likeness (QED) is 0.724. The molecule has 1 atom stereocenters. The lowest BCUT2D eigenvalue weighted by Crippen LogP contribution is -2.43. The van der Waals surface area contributed by atoms with E-state index in [0.29, 0.717) is 16.3 Å². The van der Waals surface area contributed by atoms with Crippen molar-refractivity contribution in [3.8, 4) is 10.6 Å². The number of halogens is 1. The van der Waals surface area contributed by atoms with Gasteiger partial charge in [0, 0.05) is 5.56 Å². The van der Waals surface area contributed by atoms with E-state index in [0.717, 1.165) is 11.3 Å². The summed E-state index contributed by atoms with van der Waals surface area (Å²) in [6.07, 6.45) is -0.510. The minimum atomic E-state index is -1.41. The molecule has 0 radical (unpaired) electrons. The molecule has 0 aliphatic heterocycles. The van der Waals surface area contributed by atoms with E-state index >= 15 is 0 Å². The van der Waals surface area contributed by atoms with Gasteiger partial charge >= 0.3 is 5.97 Å². The predicted octanol–water partition coefficient (Wildman–Crippen LogP) is 1.32. The highest BCUT2D eigenvalue weighted by Crippen LogP contribution is 2.28. The van der Waals surface area contributed by atoms with Gasteiger partial charge in [-0.2, -0.15) is 0 Å². The number of aromatic nitrogens is 1.